The summed E-state index contributed by atoms with van der Waals surface area (Å²) in [6.07, 6.45) is 1.94. The van der Waals surface area contributed by atoms with Crippen molar-refractivity contribution in [3.8, 4) is 0 Å². The molecule has 0 amide bonds. The number of aryl methyl sites for hydroxylation is 1. The van der Waals surface area contributed by atoms with Crippen LogP contribution in [0.25, 0.3) is 0 Å². The van der Waals surface area contributed by atoms with Gasteiger partial charge in [-0.1, -0.05) is 13.0 Å². The van der Waals surface area contributed by atoms with Crippen molar-refractivity contribution in [2.75, 3.05) is 13.1 Å². The summed E-state index contributed by atoms with van der Waals surface area (Å²) < 4.78 is 0. The Hall–Kier alpha value is -0.930. The highest BCUT2D eigenvalue weighted by molar-refractivity contribution is 5.18. The van der Waals surface area contributed by atoms with Crippen LogP contribution >= 0.6 is 0 Å². The molecule has 1 unspecified atom stereocenters. The fourth-order valence-electron chi connectivity index (χ4n) is 2.08. The fourth-order valence-corrected chi connectivity index (χ4v) is 2.08. The molecule has 16 heavy (non-hydrogen) atoms. The second-order valence-electron chi connectivity index (χ2n) is 4.41. The number of pyridine rings is 1. The fraction of sp³-hybridized carbons (Fsp3) is 0.615. The molecule has 0 spiro atoms. The van der Waals surface area contributed by atoms with Crippen molar-refractivity contribution in [1.82, 2.24) is 9.88 Å². The molecule has 1 aromatic rings. The molecular formula is C13H23N3. The van der Waals surface area contributed by atoms with Crippen LogP contribution in [0, 0.1) is 6.92 Å². The van der Waals surface area contributed by atoms with E-state index in [-0.39, 0.29) is 6.04 Å². The first-order valence-corrected chi connectivity index (χ1v) is 5.98. The Balaban J connectivity index is 2.92. The van der Waals surface area contributed by atoms with Crippen LogP contribution in [-0.2, 0) is 0 Å². The van der Waals surface area contributed by atoms with Crippen molar-refractivity contribution >= 4 is 0 Å². The predicted molar refractivity (Wildman–Crippen MR) is 68.3 cm³/mol. The summed E-state index contributed by atoms with van der Waals surface area (Å²) >= 11 is 0. The summed E-state index contributed by atoms with van der Waals surface area (Å²) in [5.41, 5.74) is 8.15. The molecule has 1 atom stereocenters. The molecule has 1 heterocycles. The van der Waals surface area contributed by atoms with Crippen LogP contribution in [0.4, 0.5) is 0 Å². The van der Waals surface area contributed by atoms with Crippen LogP contribution in [0.3, 0.4) is 0 Å². The van der Waals surface area contributed by atoms with Gasteiger partial charge < -0.3 is 5.73 Å². The number of aromatic nitrogens is 1. The first-order valence-electron chi connectivity index (χ1n) is 5.98. The third-order valence-corrected chi connectivity index (χ3v) is 2.97. The van der Waals surface area contributed by atoms with E-state index in [0.29, 0.717) is 12.6 Å². The molecule has 0 saturated heterocycles. The van der Waals surface area contributed by atoms with Crippen LogP contribution in [-0.4, -0.2) is 29.0 Å². The van der Waals surface area contributed by atoms with Crippen molar-refractivity contribution < 1.29 is 0 Å². The molecule has 0 aromatic carbocycles. The number of hydrogen-bond acceptors (Lipinski definition) is 3. The quantitative estimate of drug-likeness (QED) is 0.828. The lowest BCUT2D eigenvalue weighted by Crippen LogP contribution is -2.38. The summed E-state index contributed by atoms with van der Waals surface area (Å²) in [5, 5.41) is 0. The minimum Gasteiger partial charge on any atom is -0.329 e. The SMILES string of the molecule is CCN(C(C)C)C(CN)c1ccc(C)nc1. The number of hydrogen-bond donors (Lipinski definition) is 1. The third-order valence-electron chi connectivity index (χ3n) is 2.97. The zero-order chi connectivity index (χ0) is 12.1. The van der Waals surface area contributed by atoms with Gasteiger partial charge in [0.05, 0.1) is 0 Å². The normalized spacial score (nSPS) is 13.4. The molecule has 0 aliphatic carbocycles. The predicted octanol–water partition coefficient (Wildman–Crippen LogP) is 2.12. The van der Waals surface area contributed by atoms with Gasteiger partial charge in [0.15, 0.2) is 0 Å². The van der Waals surface area contributed by atoms with E-state index in [1.807, 2.05) is 19.2 Å². The van der Waals surface area contributed by atoms with Crippen LogP contribution in [0.1, 0.15) is 38.1 Å². The molecule has 1 rings (SSSR count). The van der Waals surface area contributed by atoms with Crippen LogP contribution in [0.2, 0.25) is 0 Å². The molecule has 3 nitrogen and oxygen atoms in total. The van der Waals surface area contributed by atoms with Gasteiger partial charge in [0, 0.05) is 30.5 Å². The smallest absolute Gasteiger partial charge is 0.0488 e. The van der Waals surface area contributed by atoms with E-state index in [1.54, 1.807) is 0 Å². The maximum atomic E-state index is 5.89. The number of nitrogens with two attached hydrogens (primary N) is 1. The van der Waals surface area contributed by atoms with Crippen LogP contribution in [0.5, 0.6) is 0 Å². The summed E-state index contributed by atoms with van der Waals surface area (Å²) in [6.45, 7) is 10.2. The van der Waals surface area contributed by atoms with Crippen molar-refractivity contribution in [3.63, 3.8) is 0 Å². The lowest BCUT2D eigenvalue weighted by molar-refractivity contribution is 0.166. The molecule has 0 fully saturated rings. The summed E-state index contributed by atoms with van der Waals surface area (Å²) in [7, 11) is 0. The van der Waals surface area contributed by atoms with Gasteiger partial charge in [-0.25, -0.2) is 0 Å². The molecule has 90 valence electrons. The highest BCUT2D eigenvalue weighted by atomic mass is 15.2. The average Bonchev–Trinajstić information content (AvgIpc) is 2.26. The van der Waals surface area contributed by atoms with E-state index in [1.165, 1.54) is 5.56 Å². The Labute approximate surface area is 98.7 Å². The minimum absolute atomic E-state index is 0.276. The largest absolute Gasteiger partial charge is 0.329 e. The number of likely N-dealkylation sites (N-methyl/N-ethyl adjacent to an activating group) is 1. The van der Waals surface area contributed by atoms with Crippen molar-refractivity contribution in [2.45, 2.75) is 39.8 Å². The molecule has 0 aliphatic heterocycles. The maximum absolute atomic E-state index is 5.89. The van der Waals surface area contributed by atoms with Crippen LogP contribution < -0.4 is 5.73 Å². The zero-order valence-corrected chi connectivity index (χ0v) is 10.8. The van der Waals surface area contributed by atoms with Gasteiger partial charge in [-0.05, 0) is 38.9 Å². The van der Waals surface area contributed by atoms with E-state index >= 15 is 0 Å². The van der Waals surface area contributed by atoms with E-state index in [9.17, 15) is 0 Å². The van der Waals surface area contributed by atoms with Crippen molar-refractivity contribution in [3.05, 3.63) is 29.6 Å². The van der Waals surface area contributed by atoms with Gasteiger partial charge in [0.1, 0.15) is 0 Å². The molecule has 0 radical (unpaired) electrons. The molecular weight excluding hydrogens is 198 g/mol. The Kier molecular flexibility index (Phi) is 4.90. The summed E-state index contributed by atoms with van der Waals surface area (Å²) in [4.78, 5) is 6.74. The van der Waals surface area contributed by atoms with Gasteiger partial charge >= 0.3 is 0 Å². The summed E-state index contributed by atoms with van der Waals surface area (Å²) in [6, 6.07) is 4.95. The van der Waals surface area contributed by atoms with E-state index < -0.39 is 0 Å². The maximum Gasteiger partial charge on any atom is 0.0488 e. The lowest BCUT2D eigenvalue weighted by Gasteiger charge is -2.33. The standard InChI is InChI=1S/C13H23N3/c1-5-16(10(2)3)13(8-14)12-7-6-11(4)15-9-12/h6-7,9-10,13H,5,8,14H2,1-4H3. The monoisotopic (exact) mass is 221 g/mol. The van der Waals surface area contributed by atoms with E-state index in [0.717, 1.165) is 12.2 Å². The van der Waals surface area contributed by atoms with Gasteiger partial charge in [0.25, 0.3) is 0 Å². The zero-order valence-electron chi connectivity index (χ0n) is 10.8. The number of rotatable bonds is 5. The first-order chi connectivity index (χ1) is 7.60. The lowest BCUT2D eigenvalue weighted by atomic mass is 10.1. The number of nitrogens with zero attached hydrogens (tertiary/aromatic N) is 2. The van der Waals surface area contributed by atoms with Gasteiger partial charge in [-0.2, -0.15) is 0 Å². The Morgan fingerprint density at radius 3 is 2.44 bits per heavy atom. The highest BCUT2D eigenvalue weighted by Crippen LogP contribution is 2.21. The van der Waals surface area contributed by atoms with Gasteiger partial charge in [-0.15, -0.1) is 0 Å². The Bertz CT molecular complexity index is 305. The first kappa shape index (κ1) is 13.1. The molecule has 3 heteroatoms. The molecule has 0 bridgehead atoms. The van der Waals surface area contributed by atoms with Crippen molar-refractivity contribution in [1.29, 1.82) is 0 Å². The minimum atomic E-state index is 0.276. The third kappa shape index (κ3) is 3.03. The van der Waals surface area contributed by atoms with Gasteiger partial charge in [0.2, 0.25) is 0 Å². The van der Waals surface area contributed by atoms with Gasteiger partial charge in [-0.3, -0.25) is 9.88 Å². The van der Waals surface area contributed by atoms with Crippen molar-refractivity contribution in [2.24, 2.45) is 5.73 Å². The summed E-state index contributed by atoms with van der Waals surface area (Å²) in [5.74, 6) is 0. The van der Waals surface area contributed by atoms with Crippen LogP contribution in [0.15, 0.2) is 18.3 Å². The second kappa shape index (κ2) is 5.97. The van der Waals surface area contributed by atoms with E-state index in [2.05, 4.69) is 36.7 Å². The molecule has 0 aliphatic rings. The molecule has 1 aromatic heterocycles. The Morgan fingerprint density at radius 1 is 1.38 bits per heavy atom. The highest BCUT2D eigenvalue weighted by Gasteiger charge is 2.20. The second-order valence-corrected chi connectivity index (χ2v) is 4.41. The average molecular weight is 221 g/mol. The molecule has 2 N–H and O–H groups in total. The van der Waals surface area contributed by atoms with E-state index in [4.69, 9.17) is 5.73 Å². The Morgan fingerprint density at radius 2 is 2.06 bits per heavy atom. The molecule has 0 saturated carbocycles. The topological polar surface area (TPSA) is 42.1 Å².